The van der Waals surface area contributed by atoms with Gasteiger partial charge in [0, 0.05) is 12.6 Å². The van der Waals surface area contributed by atoms with Gasteiger partial charge in [0.25, 0.3) is 0 Å². The molecular formula is C17H21NO. The molecule has 0 bridgehead atoms. The van der Waals surface area contributed by atoms with Crippen molar-refractivity contribution < 1.29 is 4.74 Å². The minimum atomic E-state index is 0.728. The summed E-state index contributed by atoms with van der Waals surface area (Å²) in [6.07, 6.45) is 5.44. The highest BCUT2D eigenvalue weighted by molar-refractivity contribution is 5.84. The van der Waals surface area contributed by atoms with Gasteiger partial charge in [0.05, 0.1) is 7.11 Å². The van der Waals surface area contributed by atoms with Gasteiger partial charge in [-0.3, -0.25) is 0 Å². The lowest BCUT2D eigenvalue weighted by molar-refractivity contribution is 0.415. The predicted octanol–water partition coefficient (Wildman–Crippen LogP) is 3.88. The maximum atomic E-state index is 5.26. The van der Waals surface area contributed by atoms with Crippen molar-refractivity contribution in [2.45, 2.75) is 38.3 Å². The van der Waals surface area contributed by atoms with Gasteiger partial charge in [0.2, 0.25) is 0 Å². The summed E-state index contributed by atoms with van der Waals surface area (Å²) < 4.78 is 5.26. The third-order valence-corrected chi connectivity index (χ3v) is 4.06. The van der Waals surface area contributed by atoms with Crippen molar-refractivity contribution in [3.05, 3.63) is 42.0 Å². The maximum Gasteiger partial charge on any atom is 0.119 e. The summed E-state index contributed by atoms with van der Waals surface area (Å²) in [6.45, 7) is 0.979. The largest absolute Gasteiger partial charge is 0.497 e. The molecule has 0 aliphatic heterocycles. The van der Waals surface area contributed by atoms with E-state index in [0.29, 0.717) is 0 Å². The molecule has 0 aromatic heterocycles. The van der Waals surface area contributed by atoms with E-state index in [1.165, 1.54) is 42.0 Å². The Bertz CT molecular complexity index is 558. The van der Waals surface area contributed by atoms with Crippen LogP contribution in [0.2, 0.25) is 0 Å². The second-order valence-corrected chi connectivity index (χ2v) is 5.41. The Morgan fingerprint density at radius 1 is 1.05 bits per heavy atom. The van der Waals surface area contributed by atoms with Gasteiger partial charge in [-0.1, -0.05) is 31.0 Å². The van der Waals surface area contributed by atoms with E-state index in [9.17, 15) is 0 Å². The van der Waals surface area contributed by atoms with E-state index in [4.69, 9.17) is 4.74 Å². The van der Waals surface area contributed by atoms with Crippen LogP contribution in [0.15, 0.2) is 36.4 Å². The zero-order chi connectivity index (χ0) is 13.1. The van der Waals surface area contributed by atoms with Crippen LogP contribution in [0.5, 0.6) is 5.75 Å². The molecule has 1 N–H and O–H groups in total. The van der Waals surface area contributed by atoms with E-state index in [-0.39, 0.29) is 0 Å². The van der Waals surface area contributed by atoms with Crippen LogP contribution >= 0.6 is 0 Å². The summed E-state index contributed by atoms with van der Waals surface area (Å²) in [5.41, 5.74) is 1.37. The molecule has 1 aliphatic carbocycles. The molecule has 2 aromatic carbocycles. The van der Waals surface area contributed by atoms with Crippen LogP contribution in [0, 0.1) is 0 Å². The summed E-state index contributed by atoms with van der Waals surface area (Å²) in [5, 5.41) is 6.18. The molecule has 0 radical (unpaired) electrons. The summed E-state index contributed by atoms with van der Waals surface area (Å²) in [6, 6.07) is 13.6. The normalized spacial score (nSPS) is 16.1. The summed E-state index contributed by atoms with van der Waals surface area (Å²) in [5.74, 6) is 0.921. The first-order chi connectivity index (χ1) is 9.35. The standard InChI is InChI=1S/C17H21NO/c1-19-17-9-8-14-10-13(6-7-15(14)11-17)12-18-16-4-2-3-5-16/h6-11,16,18H,2-5,12H2,1H3. The number of benzene rings is 2. The molecule has 1 fully saturated rings. The molecule has 0 unspecified atom stereocenters. The molecule has 0 saturated heterocycles. The highest BCUT2D eigenvalue weighted by Gasteiger charge is 2.13. The molecule has 2 nitrogen and oxygen atoms in total. The van der Waals surface area contributed by atoms with E-state index in [1.807, 2.05) is 6.07 Å². The van der Waals surface area contributed by atoms with Crippen LogP contribution < -0.4 is 10.1 Å². The van der Waals surface area contributed by atoms with E-state index in [0.717, 1.165) is 18.3 Å². The van der Waals surface area contributed by atoms with Gasteiger partial charge in [0.1, 0.15) is 5.75 Å². The van der Waals surface area contributed by atoms with Gasteiger partial charge in [-0.05, 0) is 47.4 Å². The van der Waals surface area contributed by atoms with Crippen molar-refractivity contribution >= 4 is 10.8 Å². The van der Waals surface area contributed by atoms with Gasteiger partial charge in [-0.15, -0.1) is 0 Å². The minimum absolute atomic E-state index is 0.728. The Morgan fingerprint density at radius 2 is 1.79 bits per heavy atom. The second kappa shape index (κ2) is 5.62. The Hall–Kier alpha value is -1.54. The van der Waals surface area contributed by atoms with Gasteiger partial charge in [0.15, 0.2) is 0 Å². The van der Waals surface area contributed by atoms with Crippen LogP contribution in [0.25, 0.3) is 10.8 Å². The van der Waals surface area contributed by atoms with Crippen LogP contribution in [-0.4, -0.2) is 13.2 Å². The van der Waals surface area contributed by atoms with E-state index >= 15 is 0 Å². The van der Waals surface area contributed by atoms with Crippen molar-refractivity contribution in [1.82, 2.24) is 5.32 Å². The summed E-state index contributed by atoms with van der Waals surface area (Å²) >= 11 is 0. The van der Waals surface area contributed by atoms with Gasteiger partial charge >= 0.3 is 0 Å². The Kier molecular flexibility index (Phi) is 3.69. The lowest BCUT2D eigenvalue weighted by Gasteiger charge is -2.12. The van der Waals surface area contributed by atoms with Crippen molar-refractivity contribution in [3.8, 4) is 5.75 Å². The zero-order valence-corrected chi connectivity index (χ0v) is 11.5. The quantitative estimate of drug-likeness (QED) is 0.895. The third kappa shape index (κ3) is 2.90. The van der Waals surface area contributed by atoms with Crippen molar-refractivity contribution in [3.63, 3.8) is 0 Å². The summed E-state index contributed by atoms with van der Waals surface area (Å²) in [7, 11) is 1.71. The fraction of sp³-hybridized carbons (Fsp3) is 0.412. The number of hydrogen-bond acceptors (Lipinski definition) is 2. The molecule has 2 aromatic rings. The monoisotopic (exact) mass is 255 g/mol. The number of methoxy groups -OCH3 is 1. The van der Waals surface area contributed by atoms with Crippen molar-refractivity contribution in [2.24, 2.45) is 0 Å². The molecule has 0 atom stereocenters. The molecule has 1 saturated carbocycles. The zero-order valence-electron chi connectivity index (χ0n) is 11.5. The highest BCUT2D eigenvalue weighted by atomic mass is 16.5. The number of fused-ring (bicyclic) bond motifs is 1. The van der Waals surface area contributed by atoms with Crippen LogP contribution in [-0.2, 0) is 6.54 Å². The van der Waals surface area contributed by atoms with Gasteiger partial charge in [-0.2, -0.15) is 0 Å². The topological polar surface area (TPSA) is 21.3 Å². The number of ether oxygens (including phenoxy) is 1. The second-order valence-electron chi connectivity index (χ2n) is 5.41. The molecule has 0 heterocycles. The molecule has 0 amide bonds. The van der Waals surface area contributed by atoms with E-state index in [2.05, 4.69) is 35.6 Å². The lowest BCUT2D eigenvalue weighted by atomic mass is 10.1. The van der Waals surface area contributed by atoms with E-state index in [1.54, 1.807) is 7.11 Å². The van der Waals surface area contributed by atoms with E-state index < -0.39 is 0 Å². The first-order valence-corrected chi connectivity index (χ1v) is 7.15. The third-order valence-electron chi connectivity index (χ3n) is 4.06. The molecule has 2 heteroatoms. The fourth-order valence-corrected chi connectivity index (χ4v) is 2.90. The molecular weight excluding hydrogens is 234 g/mol. The molecule has 0 spiro atoms. The average molecular weight is 255 g/mol. The highest BCUT2D eigenvalue weighted by Crippen LogP contribution is 2.22. The fourth-order valence-electron chi connectivity index (χ4n) is 2.90. The van der Waals surface area contributed by atoms with Crippen molar-refractivity contribution in [1.29, 1.82) is 0 Å². The number of nitrogens with one attached hydrogen (secondary N) is 1. The average Bonchev–Trinajstić information content (AvgIpc) is 2.97. The van der Waals surface area contributed by atoms with Crippen LogP contribution in [0.1, 0.15) is 31.2 Å². The molecule has 100 valence electrons. The lowest BCUT2D eigenvalue weighted by Crippen LogP contribution is -2.25. The Balaban J connectivity index is 1.73. The minimum Gasteiger partial charge on any atom is -0.497 e. The smallest absolute Gasteiger partial charge is 0.119 e. The summed E-state index contributed by atoms with van der Waals surface area (Å²) in [4.78, 5) is 0. The Morgan fingerprint density at radius 3 is 2.58 bits per heavy atom. The predicted molar refractivity (Wildman–Crippen MR) is 79.6 cm³/mol. The number of hydrogen-bond donors (Lipinski definition) is 1. The van der Waals surface area contributed by atoms with Crippen LogP contribution in [0.4, 0.5) is 0 Å². The van der Waals surface area contributed by atoms with Gasteiger partial charge in [-0.25, -0.2) is 0 Å². The maximum absolute atomic E-state index is 5.26. The molecule has 3 rings (SSSR count). The Labute approximate surface area is 114 Å². The van der Waals surface area contributed by atoms with Gasteiger partial charge < -0.3 is 10.1 Å². The number of rotatable bonds is 4. The first kappa shape index (κ1) is 12.5. The molecule has 1 aliphatic rings. The SMILES string of the molecule is COc1ccc2cc(CNC3CCCC3)ccc2c1. The molecule has 19 heavy (non-hydrogen) atoms. The van der Waals surface area contributed by atoms with Crippen molar-refractivity contribution in [2.75, 3.05) is 7.11 Å². The van der Waals surface area contributed by atoms with Crippen LogP contribution in [0.3, 0.4) is 0 Å². The first-order valence-electron chi connectivity index (χ1n) is 7.15.